The molecule has 2 rings (SSSR count). The highest BCUT2D eigenvalue weighted by Gasteiger charge is 2.25. The van der Waals surface area contributed by atoms with E-state index in [1.54, 1.807) is 17.0 Å². The number of carbonyl (C=O) groups excluding carboxylic acids is 3. The van der Waals surface area contributed by atoms with Crippen LogP contribution in [0.2, 0.25) is 0 Å². The number of rotatable bonds is 3. The van der Waals surface area contributed by atoms with Gasteiger partial charge in [-0.3, -0.25) is 14.4 Å². The quantitative estimate of drug-likeness (QED) is 0.572. The molecule has 0 unspecified atom stereocenters. The Balaban J connectivity index is 1.79. The van der Waals surface area contributed by atoms with Crippen LogP contribution < -0.4 is 5.32 Å². The summed E-state index contributed by atoms with van der Waals surface area (Å²) in [5, 5.41) is 2.50. The van der Waals surface area contributed by atoms with Crippen molar-refractivity contribution < 1.29 is 18.8 Å². The van der Waals surface area contributed by atoms with Gasteiger partial charge in [-0.1, -0.05) is 0 Å². The summed E-state index contributed by atoms with van der Waals surface area (Å²) in [6.07, 6.45) is 2.25. The van der Waals surface area contributed by atoms with Gasteiger partial charge in [0.1, 0.15) is 5.76 Å². The lowest BCUT2D eigenvalue weighted by Gasteiger charge is -2.31. The Kier molecular flexibility index (Phi) is 4.17. The van der Waals surface area contributed by atoms with Crippen LogP contribution in [0.1, 0.15) is 5.76 Å². The van der Waals surface area contributed by atoms with Crippen molar-refractivity contribution in [2.45, 2.75) is 6.54 Å². The molecule has 2 heterocycles. The van der Waals surface area contributed by atoms with Crippen LogP contribution in [0.3, 0.4) is 0 Å². The highest BCUT2D eigenvalue weighted by Crippen LogP contribution is 2.01. The molecule has 7 nitrogen and oxygen atoms in total. The second-order valence-corrected chi connectivity index (χ2v) is 4.20. The van der Waals surface area contributed by atoms with Gasteiger partial charge in [0.25, 0.3) is 0 Å². The van der Waals surface area contributed by atoms with Crippen LogP contribution in [0.15, 0.2) is 22.8 Å². The van der Waals surface area contributed by atoms with Crippen molar-refractivity contribution in [2.24, 2.45) is 0 Å². The molecule has 1 aliphatic heterocycles. The lowest BCUT2D eigenvalue weighted by molar-refractivity contribution is -0.147. The van der Waals surface area contributed by atoms with Crippen LogP contribution in [-0.4, -0.2) is 54.2 Å². The molecule has 1 saturated heterocycles. The van der Waals surface area contributed by atoms with E-state index in [2.05, 4.69) is 5.32 Å². The summed E-state index contributed by atoms with van der Waals surface area (Å²) in [4.78, 5) is 37.0. The van der Waals surface area contributed by atoms with Crippen molar-refractivity contribution in [2.75, 3.05) is 26.2 Å². The first kappa shape index (κ1) is 13.1. The fraction of sp³-hybridized carbons (Fsp3) is 0.417. The normalized spacial score (nSPS) is 15.2. The van der Waals surface area contributed by atoms with Crippen molar-refractivity contribution in [1.29, 1.82) is 0 Å². The number of carbonyl (C=O) groups is 3. The predicted molar refractivity (Wildman–Crippen MR) is 64.8 cm³/mol. The molecule has 1 N–H and O–H groups in total. The molecule has 0 saturated carbocycles. The van der Waals surface area contributed by atoms with Gasteiger partial charge >= 0.3 is 11.8 Å². The molecule has 0 radical (unpaired) electrons. The fourth-order valence-electron chi connectivity index (χ4n) is 1.83. The summed E-state index contributed by atoms with van der Waals surface area (Å²) >= 11 is 0. The van der Waals surface area contributed by atoms with E-state index >= 15 is 0 Å². The maximum absolute atomic E-state index is 11.8. The Morgan fingerprint density at radius 2 is 2.05 bits per heavy atom. The minimum atomic E-state index is -0.657. The summed E-state index contributed by atoms with van der Waals surface area (Å²) in [7, 11) is 0. The van der Waals surface area contributed by atoms with Gasteiger partial charge in [0, 0.05) is 26.2 Å². The van der Waals surface area contributed by atoms with Gasteiger partial charge in [0.05, 0.1) is 12.8 Å². The van der Waals surface area contributed by atoms with E-state index < -0.39 is 11.8 Å². The maximum Gasteiger partial charge on any atom is 0.312 e. The summed E-state index contributed by atoms with van der Waals surface area (Å²) < 4.78 is 5.05. The number of nitrogens with zero attached hydrogens (tertiary/aromatic N) is 2. The van der Waals surface area contributed by atoms with Crippen LogP contribution in [0, 0.1) is 0 Å². The Hall–Kier alpha value is -2.31. The first-order chi connectivity index (χ1) is 9.20. The van der Waals surface area contributed by atoms with Crippen molar-refractivity contribution in [3.8, 4) is 0 Å². The summed E-state index contributed by atoms with van der Waals surface area (Å²) in [6.45, 7) is 1.87. The highest BCUT2D eigenvalue weighted by atomic mass is 16.3. The van der Waals surface area contributed by atoms with E-state index in [-0.39, 0.29) is 6.54 Å². The molecule has 19 heavy (non-hydrogen) atoms. The Morgan fingerprint density at radius 3 is 2.63 bits per heavy atom. The van der Waals surface area contributed by atoms with Gasteiger partial charge in [-0.2, -0.15) is 0 Å². The molecule has 1 fully saturated rings. The van der Waals surface area contributed by atoms with E-state index in [1.165, 1.54) is 11.2 Å². The van der Waals surface area contributed by atoms with Gasteiger partial charge in [-0.05, 0) is 12.1 Å². The molecule has 102 valence electrons. The van der Waals surface area contributed by atoms with Crippen molar-refractivity contribution in [3.63, 3.8) is 0 Å². The molecule has 3 amide bonds. The number of furan rings is 1. The topological polar surface area (TPSA) is 82.9 Å². The molecule has 0 aromatic carbocycles. The van der Waals surface area contributed by atoms with Gasteiger partial charge in [0.2, 0.25) is 6.41 Å². The first-order valence-corrected chi connectivity index (χ1v) is 5.99. The van der Waals surface area contributed by atoms with Crippen LogP contribution in [0.25, 0.3) is 0 Å². The minimum Gasteiger partial charge on any atom is -0.467 e. The van der Waals surface area contributed by atoms with Crippen molar-refractivity contribution >= 4 is 18.2 Å². The standard InChI is InChI=1S/C12H15N3O4/c16-9-14-3-5-15(6-4-14)12(18)11(17)13-8-10-2-1-7-19-10/h1-2,7,9H,3-6,8H2,(H,13,17). The first-order valence-electron chi connectivity index (χ1n) is 5.99. The zero-order valence-electron chi connectivity index (χ0n) is 10.4. The van der Waals surface area contributed by atoms with Crippen molar-refractivity contribution in [3.05, 3.63) is 24.2 Å². The Morgan fingerprint density at radius 1 is 1.32 bits per heavy atom. The molecule has 7 heteroatoms. The number of hydrogen-bond acceptors (Lipinski definition) is 4. The molecule has 0 bridgehead atoms. The Bertz CT molecular complexity index is 450. The SMILES string of the molecule is O=CN1CCN(C(=O)C(=O)NCc2ccco2)CC1. The maximum atomic E-state index is 11.8. The summed E-state index contributed by atoms with van der Waals surface area (Å²) in [5.41, 5.74) is 0. The largest absolute Gasteiger partial charge is 0.467 e. The van der Waals surface area contributed by atoms with Crippen LogP contribution in [0.4, 0.5) is 0 Å². The zero-order valence-corrected chi connectivity index (χ0v) is 10.4. The lowest BCUT2D eigenvalue weighted by atomic mass is 10.3. The van der Waals surface area contributed by atoms with E-state index in [9.17, 15) is 14.4 Å². The molecular formula is C12H15N3O4. The molecule has 1 aromatic rings. The van der Waals surface area contributed by atoms with Crippen LogP contribution >= 0.6 is 0 Å². The van der Waals surface area contributed by atoms with Gasteiger partial charge in [0.15, 0.2) is 0 Å². The molecule has 0 spiro atoms. The monoisotopic (exact) mass is 265 g/mol. The molecule has 0 aliphatic carbocycles. The molecular weight excluding hydrogens is 250 g/mol. The zero-order chi connectivity index (χ0) is 13.7. The number of piperazine rings is 1. The van der Waals surface area contributed by atoms with E-state index in [4.69, 9.17) is 4.42 Å². The lowest BCUT2D eigenvalue weighted by Crippen LogP contribution is -2.52. The van der Waals surface area contributed by atoms with Crippen LogP contribution in [-0.2, 0) is 20.9 Å². The Labute approximate surface area is 110 Å². The van der Waals surface area contributed by atoms with Gasteiger partial charge in [-0.25, -0.2) is 0 Å². The average Bonchev–Trinajstić information content (AvgIpc) is 2.97. The summed E-state index contributed by atoms with van der Waals surface area (Å²) in [5.74, 6) is -0.639. The van der Waals surface area contributed by atoms with Crippen molar-refractivity contribution in [1.82, 2.24) is 15.1 Å². The van der Waals surface area contributed by atoms with Crippen LogP contribution in [0.5, 0.6) is 0 Å². The molecule has 1 aromatic heterocycles. The summed E-state index contributed by atoms with van der Waals surface area (Å²) in [6, 6.07) is 3.43. The number of nitrogens with one attached hydrogen (secondary N) is 1. The average molecular weight is 265 g/mol. The fourth-order valence-corrected chi connectivity index (χ4v) is 1.83. The number of hydrogen-bond donors (Lipinski definition) is 1. The second kappa shape index (κ2) is 6.03. The smallest absolute Gasteiger partial charge is 0.312 e. The van der Waals surface area contributed by atoms with E-state index in [1.807, 2.05) is 0 Å². The van der Waals surface area contributed by atoms with E-state index in [0.717, 1.165) is 6.41 Å². The van der Waals surface area contributed by atoms with Gasteiger partial charge < -0.3 is 19.5 Å². The second-order valence-electron chi connectivity index (χ2n) is 4.20. The van der Waals surface area contributed by atoms with Gasteiger partial charge in [-0.15, -0.1) is 0 Å². The highest BCUT2D eigenvalue weighted by molar-refractivity contribution is 6.34. The number of amides is 3. The third-order valence-corrected chi connectivity index (χ3v) is 2.95. The minimum absolute atomic E-state index is 0.186. The molecule has 0 atom stereocenters. The predicted octanol–water partition coefficient (Wildman–Crippen LogP) is -0.804. The van der Waals surface area contributed by atoms with E-state index in [0.29, 0.717) is 31.9 Å². The third kappa shape index (κ3) is 3.34. The third-order valence-electron chi connectivity index (χ3n) is 2.95. The molecule has 1 aliphatic rings.